The van der Waals surface area contributed by atoms with Crippen molar-refractivity contribution >= 4 is 30.4 Å². The molecule has 13 heteroatoms. The van der Waals surface area contributed by atoms with Gasteiger partial charge in [-0.3, -0.25) is 24.0 Å². The van der Waals surface area contributed by atoms with Crippen molar-refractivity contribution in [3.63, 3.8) is 0 Å². The Morgan fingerprint density at radius 2 is 0.500 bits per heavy atom. The summed E-state index contributed by atoms with van der Waals surface area (Å²) in [6.07, 6.45) is 2.50. The fraction of sp³-hybridized carbons (Fsp3) is 0. The van der Waals surface area contributed by atoms with E-state index in [4.69, 9.17) is 51.0 Å². The molecule has 0 bridgehead atoms. The molecule has 0 saturated carbocycles. The van der Waals surface area contributed by atoms with Gasteiger partial charge in [-0.15, -0.1) is 0 Å². The summed E-state index contributed by atoms with van der Waals surface area (Å²) in [6, 6.07) is 0. The first kappa shape index (κ1) is 53.9. The van der Waals surface area contributed by atoms with E-state index in [-0.39, 0.29) is 63.4 Å². The first-order valence-electron chi connectivity index (χ1n) is 2.14. The maximum atomic E-state index is 8.24. The van der Waals surface area contributed by atoms with E-state index in [0.29, 0.717) is 30.4 Å². The Bertz CT molecular complexity index is 215. The van der Waals surface area contributed by atoms with Gasteiger partial charge in [-0.05, 0) is 30.4 Å². The fourth-order valence-corrected chi connectivity index (χ4v) is 0. The number of isocyanates is 5. The Hall–Kier alpha value is -1.07. The third-order valence-corrected chi connectivity index (χ3v) is 0. The molecule has 0 N–H and O–H groups in total. The zero-order valence-corrected chi connectivity index (χ0v) is 12.6. The van der Waals surface area contributed by atoms with Crippen molar-refractivity contribution in [2.75, 3.05) is 0 Å². The van der Waals surface area contributed by atoms with Gasteiger partial charge < -0.3 is 27.0 Å². The second-order valence-electron chi connectivity index (χ2n) is 0.456. The van der Waals surface area contributed by atoms with Crippen LogP contribution in [0.15, 0.2) is 0 Å². The predicted molar refractivity (Wildman–Crippen MR) is 45.3 cm³/mol. The summed E-state index contributed by atoms with van der Waals surface area (Å²) in [5, 5.41) is 33.8. The molecule has 0 amide bonds. The van der Waals surface area contributed by atoms with Crippen LogP contribution < -0.4 is 29.6 Å². The van der Waals surface area contributed by atoms with E-state index < -0.39 is 0 Å². The Morgan fingerprint density at radius 1 is 0.500 bits per heavy atom. The first-order chi connectivity index (χ1) is 7.07. The van der Waals surface area contributed by atoms with Crippen molar-refractivity contribution < 1.29 is 87.4 Å². The number of nitrogens with zero attached hydrogens (tertiary/aromatic N) is 5. The Labute approximate surface area is 144 Å². The van der Waals surface area contributed by atoms with Crippen molar-refractivity contribution in [2.24, 2.45) is 0 Å². The average molecular weight is 348 g/mol. The number of hydrogen-bond donors (Lipinski definition) is 0. The summed E-state index contributed by atoms with van der Waals surface area (Å²) in [5.74, 6) is 0. The molecule has 0 atom stereocenters. The molecular formula is C5CoFeN5NaO5. The van der Waals surface area contributed by atoms with Crippen LogP contribution in [0.1, 0.15) is 0 Å². The van der Waals surface area contributed by atoms with E-state index in [1.165, 1.54) is 0 Å². The van der Waals surface area contributed by atoms with Crippen LogP contribution in [0.2, 0.25) is 0 Å². The fourth-order valence-electron chi connectivity index (χ4n) is 0. The minimum absolute atomic E-state index is 0. The van der Waals surface area contributed by atoms with Gasteiger partial charge >= 0.3 is 63.4 Å². The van der Waals surface area contributed by atoms with Crippen LogP contribution in [0.3, 0.4) is 0 Å². The van der Waals surface area contributed by atoms with E-state index in [1.807, 2.05) is 0 Å². The minimum Gasteiger partial charge on any atom is -0.724 e. The molecule has 0 aromatic carbocycles. The molecular weight excluding hydrogens is 348 g/mol. The molecule has 10 nitrogen and oxygen atoms in total. The molecule has 0 rings (SSSR count). The third kappa shape index (κ3) is 2510. The van der Waals surface area contributed by atoms with Crippen molar-refractivity contribution in [2.45, 2.75) is 0 Å². The van der Waals surface area contributed by atoms with Crippen molar-refractivity contribution in [3.05, 3.63) is 27.0 Å². The summed E-state index contributed by atoms with van der Waals surface area (Å²) in [6.45, 7) is 0. The van der Waals surface area contributed by atoms with Gasteiger partial charge in [0.05, 0.1) is 0 Å². The zero-order chi connectivity index (χ0) is 13.5. The summed E-state index contributed by atoms with van der Waals surface area (Å²) in [4.78, 5) is 41.2. The van der Waals surface area contributed by atoms with Crippen LogP contribution >= 0.6 is 0 Å². The third-order valence-electron chi connectivity index (χ3n) is 0. The molecule has 0 saturated heterocycles. The van der Waals surface area contributed by atoms with Crippen molar-refractivity contribution in [1.29, 1.82) is 0 Å². The molecule has 0 heterocycles. The van der Waals surface area contributed by atoms with Gasteiger partial charge in [0.15, 0.2) is 0 Å². The van der Waals surface area contributed by atoms with Gasteiger partial charge in [-0.2, -0.15) is 0 Å². The van der Waals surface area contributed by atoms with Gasteiger partial charge in [0, 0.05) is 0 Å². The van der Waals surface area contributed by atoms with Crippen LogP contribution in [-0.2, 0) is 57.8 Å². The SMILES string of the molecule is [Co+2].[Fe+2].[N-]=C=O.[N-]=C=O.[N-]=C=O.[N-]=C=O.[N-]=C=O.[Na+]. The van der Waals surface area contributed by atoms with Crippen LogP contribution in [0.25, 0.3) is 27.0 Å². The second-order valence-corrected chi connectivity index (χ2v) is 0.456. The van der Waals surface area contributed by atoms with Crippen LogP contribution in [0, 0.1) is 0 Å². The van der Waals surface area contributed by atoms with Crippen LogP contribution in [0.4, 0.5) is 0 Å². The van der Waals surface area contributed by atoms with Gasteiger partial charge in [0.1, 0.15) is 0 Å². The number of hydrogen-bond acceptors (Lipinski definition) is 5. The molecule has 18 heavy (non-hydrogen) atoms. The second kappa shape index (κ2) is 230. The van der Waals surface area contributed by atoms with Crippen molar-refractivity contribution in [1.82, 2.24) is 0 Å². The molecule has 0 aliphatic rings. The first-order valence-corrected chi connectivity index (χ1v) is 2.14. The van der Waals surface area contributed by atoms with Gasteiger partial charge in [0.25, 0.3) is 0 Å². The predicted octanol–water partition coefficient (Wildman–Crippen LogP) is -3.54. The molecule has 1 radical (unpaired) electrons. The molecule has 0 aliphatic heterocycles. The molecule has 0 fully saturated rings. The van der Waals surface area contributed by atoms with E-state index in [0.717, 1.165) is 0 Å². The standard InChI is InChI=1S/5CNO.Co.Fe.Na/c5*2-1-3;;;/q5*-1;2*+2;+1. The zero-order valence-electron chi connectivity index (χ0n) is 8.46. The van der Waals surface area contributed by atoms with E-state index in [9.17, 15) is 0 Å². The van der Waals surface area contributed by atoms with Crippen molar-refractivity contribution in [3.8, 4) is 0 Å². The van der Waals surface area contributed by atoms with E-state index >= 15 is 0 Å². The normalized spacial score (nSPS) is 2.22. The molecule has 0 aliphatic carbocycles. The summed E-state index contributed by atoms with van der Waals surface area (Å²) in [5.41, 5.74) is 0. The van der Waals surface area contributed by atoms with Crippen LogP contribution in [0.5, 0.6) is 0 Å². The Balaban J connectivity index is -0.0000000111. The topological polar surface area (TPSA) is 197 Å². The smallest absolute Gasteiger partial charge is 0.724 e. The summed E-state index contributed by atoms with van der Waals surface area (Å²) < 4.78 is 0. The van der Waals surface area contributed by atoms with Gasteiger partial charge in [-0.25, -0.2) is 0 Å². The van der Waals surface area contributed by atoms with E-state index in [1.54, 1.807) is 0 Å². The Morgan fingerprint density at radius 3 is 0.500 bits per heavy atom. The van der Waals surface area contributed by atoms with Gasteiger partial charge in [0.2, 0.25) is 0 Å². The Kier molecular flexibility index (Phi) is 689. The largest absolute Gasteiger partial charge is 2.00 e. The van der Waals surface area contributed by atoms with Gasteiger partial charge in [-0.1, -0.05) is 0 Å². The monoisotopic (exact) mass is 348 g/mol. The minimum atomic E-state index is 0. The maximum absolute atomic E-state index is 8.24. The van der Waals surface area contributed by atoms with E-state index in [2.05, 4.69) is 0 Å². The quantitative estimate of drug-likeness (QED) is 0.248. The summed E-state index contributed by atoms with van der Waals surface area (Å²) >= 11 is 0. The molecule has 0 unspecified atom stereocenters. The molecule has 93 valence electrons. The molecule has 0 spiro atoms. The maximum Gasteiger partial charge on any atom is 2.00 e. The average Bonchev–Trinajstić information content (AvgIpc) is 2.09. The number of rotatable bonds is 0. The molecule has 0 aromatic heterocycles. The van der Waals surface area contributed by atoms with Crippen LogP contribution in [-0.4, -0.2) is 30.4 Å². The summed E-state index contributed by atoms with van der Waals surface area (Å²) in [7, 11) is 0. The number of carbonyl (C=O) groups excluding carboxylic acids is 5. The molecule has 0 aromatic rings.